The Labute approximate surface area is 129 Å². The highest BCUT2D eigenvalue weighted by Gasteiger charge is 2.34. The summed E-state index contributed by atoms with van der Waals surface area (Å²) in [4.78, 5) is 2.41. The van der Waals surface area contributed by atoms with Crippen LogP contribution in [-0.2, 0) is 6.54 Å². The fraction of sp³-hybridized carbons (Fsp3) is 0.625. The number of rotatable bonds is 3. The van der Waals surface area contributed by atoms with Crippen molar-refractivity contribution in [3.63, 3.8) is 0 Å². The number of benzene rings is 1. The lowest BCUT2D eigenvalue weighted by molar-refractivity contribution is 0.0618. The standard InChI is InChI=1S/C16H24BrFN2/c1-11(2)15-8-19-16(3,4)10-20(15)9-12-7-13(17)5-6-14(12)18/h5-7,11,15,19H,8-10H2,1-4H3. The Balaban J connectivity index is 2.20. The molecule has 0 radical (unpaired) electrons. The van der Waals surface area contributed by atoms with E-state index in [-0.39, 0.29) is 11.4 Å². The van der Waals surface area contributed by atoms with E-state index in [0.717, 1.165) is 23.1 Å². The number of halogens is 2. The van der Waals surface area contributed by atoms with Crippen LogP contribution in [0.4, 0.5) is 4.39 Å². The molecule has 1 aromatic carbocycles. The first-order valence-electron chi connectivity index (χ1n) is 7.21. The van der Waals surface area contributed by atoms with Crippen molar-refractivity contribution in [1.82, 2.24) is 10.2 Å². The van der Waals surface area contributed by atoms with Gasteiger partial charge in [0.1, 0.15) is 5.82 Å². The molecule has 0 bridgehead atoms. The minimum atomic E-state index is -0.118. The van der Waals surface area contributed by atoms with Gasteiger partial charge in [0.05, 0.1) is 0 Å². The third-order valence-corrected chi connectivity index (χ3v) is 4.50. The average molecular weight is 343 g/mol. The molecule has 1 aliphatic heterocycles. The van der Waals surface area contributed by atoms with Crippen molar-refractivity contribution in [2.24, 2.45) is 5.92 Å². The molecule has 1 unspecified atom stereocenters. The smallest absolute Gasteiger partial charge is 0.127 e. The summed E-state index contributed by atoms with van der Waals surface area (Å²) in [5, 5.41) is 3.59. The summed E-state index contributed by atoms with van der Waals surface area (Å²) < 4.78 is 14.9. The molecule has 1 aromatic rings. The van der Waals surface area contributed by atoms with E-state index in [1.165, 1.54) is 6.07 Å². The molecule has 0 aromatic heterocycles. The van der Waals surface area contributed by atoms with Gasteiger partial charge >= 0.3 is 0 Å². The zero-order chi connectivity index (χ0) is 14.9. The molecule has 0 aliphatic carbocycles. The van der Waals surface area contributed by atoms with Crippen molar-refractivity contribution in [1.29, 1.82) is 0 Å². The van der Waals surface area contributed by atoms with Crippen molar-refractivity contribution in [3.8, 4) is 0 Å². The maximum atomic E-state index is 14.0. The van der Waals surface area contributed by atoms with Gasteiger partial charge in [-0.05, 0) is 38.0 Å². The zero-order valence-corrected chi connectivity index (χ0v) is 14.3. The highest BCUT2D eigenvalue weighted by Crippen LogP contribution is 2.24. The van der Waals surface area contributed by atoms with Crippen molar-refractivity contribution in [2.75, 3.05) is 13.1 Å². The lowest BCUT2D eigenvalue weighted by Crippen LogP contribution is -2.62. The number of piperazine rings is 1. The summed E-state index contributed by atoms with van der Waals surface area (Å²) in [6.07, 6.45) is 0. The fourth-order valence-corrected chi connectivity index (χ4v) is 3.31. The van der Waals surface area contributed by atoms with Gasteiger partial charge in [-0.15, -0.1) is 0 Å². The number of nitrogens with one attached hydrogen (secondary N) is 1. The van der Waals surface area contributed by atoms with Crippen LogP contribution in [0.1, 0.15) is 33.3 Å². The van der Waals surface area contributed by atoms with Crippen molar-refractivity contribution in [2.45, 2.75) is 45.8 Å². The van der Waals surface area contributed by atoms with Crippen LogP contribution in [0.3, 0.4) is 0 Å². The predicted octanol–water partition coefficient (Wildman–Crippen LogP) is 3.80. The topological polar surface area (TPSA) is 15.3 Å². The van der Waals surface area contributed by atoms with E-state index >= 15 is 0 Å². The first kappa shape index (κ1) is 15.9. The maximum Gasteiger partial charge on any atom is 0.127 e. The van der Waals surface area contributed by atoms with Crippen molar-refractivity contribution >= 4 is 15.9 Å². The predicted molar refractivity (Wildman–Crippen MR) is 85.2 cm³/mol. The van der Waals surface area contributed by atoms with Crippen LogP contribution in [0.2, 0.25) is 0 Å². The van der Waals surface area contributed by atoms with Crippen LogP contribution in [0.15, 0.2) is 22.7 Å². The Hall–Kier alpha value is -0.450. The lowest BCUT2D eigenvalue weighted by Gasteiger charge is -2.46. The number of hydrogen-bond donors (Lipinski definition) is 1. The molecule has 20 heavy (non-hydrogen) atoms. The van der Waals surface area contributed by atoms with Gasteiger partial charge in [-0.2, -0.15) is 0 Å². The zero-order valence-electron chi connectivity index (χ0n) is 12.7. The molecule has 1 atom stereocenters. The molecule has 1 saturated heterocycles. The fourth-order valence-electron chi connectivity index (χ4n) is 2.90. The Morgan fingerprint density at radius 3 is 2.80 bits per heavy atom. The SMILES string of the molecule is CC(C)C1CNC(C)(C)CN1Cc1cc(Br)ccc1F. The Morgan fingerprint density at radius 2 is 2.15 bits per heavy atom. The summed E-state index contributed by atoms with van der Waals surface area (Å²) in [7, 11) is 0. The Kier molecular flexibility index (Phi) is 4.88. The van der Waals surface area contributed by atoms with Crippen LogP contribution in [0.5, 0.6) is 0 Å². The molecule has 0 amide bonds. The van der Waals surface area contributed by atoms with E-state index in [0.29, 0.717) is 18.5 Å². The second-order valence-corrected chi connectivity index (χ2v) is 7.63. The van der Waals surface area contributed by atoms with E-state index in [2.05, 4.69) is 53.8 Å². The van der Waals surface area contributed by atoms with Crippen LogP contribution >= 0.6 is 15.9 Å². The summed E-state index contributed by atoms with van der Waals surface area (Å²) in [6.45, 7) is 11.4. The van der Waals surface area contributed by atoms with Crippen LogP contribution in [0.25, 0.3) is 0 Å². The van der Waals surface area contributed by atoms with Gasteiger partial charge in [-0.3, -0.25) is 4.90 Å². The number of nitrogens with zero attached hydrogens (tertiary/aromatic N) is 1. The second kappa shape index (κ2) is 6.12. The molecule has 2 nitrogen and oxygen atoms in total. The average Bonchev–Trinajstić information content (AvgIpc) is 2.32. The van der Waals surface area contributed by atoms with Gasteiger partial charge in [0.2, 0.25) is 0 Å². The van der Waals surface area contributed by atoms with E-state index in [1.807, 2.05) is 6.07 Å². The summed E-state index contributed by atoms with van der Waals surface area (Å²) in [5.74, 6) is 0.431. The van der Waals surface area contributed by atoms with E-state index < -0.39 is 0 Å². The first-order valence-corrected chi connectivity index (χ1v) is 8.01. The normalized spacial score (nSPS) is 23.2. The molecular weight excluding hydrogens is 319 g/mol. The van der Waals surface area contributed by atoms with Crippen LogP contribution in [0, 0.1) is 11.7 Å². The molecule has 2 rings (SSSR count). The lowest BCUT2D eigenvalue weighted by atomic mass is 9.92. The minimum absolute atomic E-state index is 0.0773. The van der Waals surface area contributed by atoms with Crippen molar-refractivity contribution in [3.05, 3.63) is 34.1 Å². The summed E-state index contributed by atoms with van der Waals surface area (Å²) in [6, 6.07) is 5.63. The van der Waals surface area contributed by atoms with Crippen molar-refractivity contribution < 1.29 is 4.39 Å². The Bertz CT molecular complexity index is 474. The van der Waals surface area contributed by atoms with Gasteiger partial charge < -0.3 is 5.32 Å². The summed E-state index contributed by atoms with van der Waals surface area (Å²) >= 11 is 3.43. The molecule has 4 heteroatoms. The van der Waals surface area contributed by atoms with E-state index in [1.54, 1.807) is 6.07 Å². The molecule has 1 aliphatic rings. The number of hydrogen-bond acceptors (Lipinski definition) is 2. The van der Waals surface area contributed by atoms with Crippen LogP contribution in [-0.4, -0.2) is 29.6 Å². The van der Waals surface area contributed by atoms with Crippen LogP contribution < -0.4 is 5.32 Å². The second-order valence-electron chi connectivity index (χ2n) is 6.72. The summed E-state index contributed by atoms with van der Waals surface area (Å²) in [5.41, 5.74) is 0.844. The van der Waals surface area contributed by atoms with E-state index in [9.17, 15) is 4.39 Å². The molecule has 0 saturated carbocycles. The third-order valence-electron chi connectivity index (χ3n) is 4.01. The molecule has 112 valence electrons. The molecule has 1 N–H and O–H groups in total. The highest BCUT2D eigenvalue weighted by atomic mass is 79.9. The van der Waals surface area contributed by atoms with Gasteiger partial charge in [-0.1, -0.05) is 29.8 Å². The first-order chi connectivity index (χ1) is 9.28. The van der Waals surface area contributed by atoms with Gasteiger partial charge in [-0.25, -0.2) is 4.39 Å². The molecule has 0 spiro atoms. The molecule has 1 heterocycles. The minimum Gasteiger partial charge on any atom is -0.309 e. The molecular formula is C16H24BrFN2. The van der Waals surface area contributed by atoms with E-state index in [4.69, 9.17) is 0 Å². The third kappa shape index (κ3) is 3.80. The monoisotopic (exact) mass is 342 g/mol. The quantitative estimate of drug-likeness (QED) is 0.898. The largest absolute Gasteiger partial charge is 0.309 e. The molecule has 1 fully saturated rings. The van der Waals surface area contributed by atoms with Gasteiger partial charge in [0.15, 0.2) is 0 Å². The van der Waals surface area contributed by atoms with Gasteiger partial charge in [0, 0.05) is 41.3 Å². The maximum absolute atomic E-state index is 14.0. The Morgan fingerprint density at radius 1 is 1.45 bits per heavy atom. The van der Waals surface area contributed by atoms with Gasteiger partial charge in [0.25, 0.3) is 0 Å². The highest BCUT2D eigenvalue weighted by molar-refractivity contribution is 9.10.